The third kappa shape index (κ3) is 3.82. The Bertz CT molecular complexity index is 787. The highest BCUT2D eigenvalue weighted by molar-refractivity contribution is 5.22. The quantitative estimate of drug-likeness (QED) is 0.781. The Morgan fingerprint density at radius 2 is 1.88 bits per heavy atom. The second-order valence-corrected chi connectivity index (χ2v) is 7.18. The van der Waals surface area contributed by atoms with E-state index in [1.165, 1.54) is 0 Å². The van der Waals surface area contributed by atoms with Crippen molar-refractivity contribution < 1.29 is 0 Å². The third-order valence-corrected chi connectivity index (χ3v) is 5.26. The van der Waals surface area contributed by atoms with Gasteiger partial charge in [-0.3, -0.25) is 14.6 Å². The first kappa shape index (κ1) is 16.5. The lowest BCUT2D eigenvalue weighted by Crippen LogP contribution is -2.47. The molecule has 0 saturated carbocycles. The van der Waals surface area contributed by atoms with E-state index < -0.39 is 0 Å². The van der Waals surface area contributed by atoms with Crippen molar-refractivity contribution in [2.75, 3.05) is 32.7 Å². The van der Waals surface area contributed by atoms with Crippen LogP contribution >= 0.6 is 0 Å². The van der Waals surface area contributed by atoms with E-state index in [1.54, 1.807) is 10.7 Å². The Hall–Kier alpha value is -1.99. The van der Waals surface area contributed by atoms with Crippen LogP contribution in [0.1, 0.15) is 23.4 Å². The predicted octanol–water partition coefficient (Wildman–Crippen LogP) is 0.283. The number of aryl methyl sites for hydroxylation is 3. The van der Waals surface area contributed by atoms with Crippen LogP contribution in [0.15, 0.2) is 23.4 Å². The van der Waals surface area contributed by atoms with Gasteiger partial charge in [-0.1, -0.05) is 0 Å². The van der Waals surface area contributed by atoms with Gasteiger partial charge in [0, 0.05) is 58.6 Å². The van der Waals surface area contributed by atoms with Crippen molar-refractivity contribution in [1.29, 1.82) is 0 Å². The summed E-state index contributed by atoms with van der Waals surface area (Å²) < 4.78 is 3.65. The molecule has 1 saturated heterocycles. The number of fused-ring (bicyclic) bond motifs is 1. The maximum atomic E-state index is 12.2. The molecule has 0 radical (unpaired) electrons. The number of hydrogen-bond acceptors (Lipinski definition) is 5. The highest BCUT2D eigenvalue weighted by Crippen LogP contribution is 2.17. The van der Waals surface area contributed by atoms with E-state index in [9.17, 15) is 4.79 Å². The van der Waals surface area contributed by atoms with Gasteiger partial charge in [-0.25, -0.2) is 9.67 Å². The molecule has 0 aromatic carbocycles. The van der Waals surface area contributed by atoms with Crippen molar-refractivity contribution in [2.24, 2.45) is 7.05 Å². The van der Waals surface area contributed by atoms with E-state index in [0.717, 1.165) is 75.5 Å². The van der Waals surface area contributed by atoms with Gasteiger partial charge in [0.15, 0.2) is 0 Å². The van der Waals surface area contributed by atoms with Gasteiger partial charge in [-0.2, -0.15) is 5.10 Å². The fourth-order valence-corrected chi connectivity index (χ4v) is 3.78. The molecule has 7 heteroatoms. The first-order valence-electron chi connectivity index (χ1n) is 9.19. The van der Waals surface area contributed by atoms with E-state index in [0.29, 0.717) is 6.54 Å². The van der Waals surface area contributed by atoms with Crippen molar-refractivity contribution in [3.8, 4) is 0 Å². The summed E-state index contributed by atoms with van der Waals surface area (Å²) in [7, 11) is 2.00. The Morgan fingerprint density at radius 1 is 1.08 bits per heavy atom. The SMILES string of the molecule is Cn1cnc(CN2CCN(CCn3nc4c(cc3=O)CCC4)CC2)c1. The maximum absolute atomic E-state index is 12.2. The first-order valence-corrected chi connectivity index (χ1v) is 9.19. The van der Waals surface area contributed by atoms with Gasteiger partial charge in [0.25, 0.3) is 5.56 Å². The monoisotopic (exact) mass is 342 g/mol. The van der Waals surface area contributed by atoms with E-state index >= 15 is 0 Å². The standard InChI is InChI=1S/C18H26N6O/c1-21-12-16(19-14-21)13-23-7-5-22(6-8-23)9-10-24-18(25)11-15-3-2-4-17(15)20-24/h11-12,14H,2-10,13H2,1H3. The van der Waals surface area contributed by atoms with Crippen LogP contribution in [0.3, 0.4) is 0 Å². The van der Waals surface area contributed by atoms with Crippen molar-refractivity contribution in [3.05, 3.63) is 45.9 Å². The Kier molecular flexibility index (Phi) is 4.67. The molecule has 1 fully saturated rings. The van der Waals surface area contributed by atoms with Crippen LogP contribution in [0.25, 0.3) is 0 Å². The van der Waals surface area contributed by atoms with Crippen LogP contribution in [-0.4, -0.2) is 61.9 Å². The normalized spacial score (nSPS) is 18.6. The summed E-state index contributed by atoms with van der Waals surface area (Å²) in [5.74, 6) is 0. The molecule has 1 aliphatic carbocycles. The first-order chi connectivity index (χ1) is 12.2. The average Bonchev–Trinajstić information content (AvgIpc) is 3.22. The number of hydrogen-bond donors (Lipinski definition) is 0. The molecule has 7 nitrogen and oxygen atoms in total. The van der Waals surface area contributed by atoms with E-state index in [1.807, 2.05) is 17.9 Å². The molecule has 0 bridgehead atoms. The minimum atomic E-state index is 0.0504. The van der Waals surface area contributed by atoms with Gasteiger partial charge in [0.1, 0.15) is 0 Å². The molecule has 4 rings (SSSR count). The van der Waals surface area contributed by atoms with Crippen LogP contribution in [0.4, 0.5) is 0 Å². The molecule has 2 aromatic rings. The zero-order valence-corrected chi connectivity index (χ0v) is 14.9. The lowest BCUT2D eigenvalue weighted by Gasteiger charge is -2.34. The molecule has 25 heavy (non-hydrogen) atoms. The van der Waals surface area contributed by atoms with Crippen LogP contribution < -0.4 is 5.56 Å². The third-order valence-electron chi connectivity index (χ3n) is 5.26. The minimum Gasteiger partial charge on any atom is -0.340 e. The predicted molar refractivity (Wildman–Crippen MR) is 95.4 cm³/mol. The van der Waals surface area contributed by atoms with Crippen LogP contribution in [0, 0.1) is 0 Å². The van der Waals surface area contributed by atoms with Gasteiger partial charge >= 0.3 is 0 Å². The minimum absolute atomic E-state index is 0.0504. The highest BCUT2D eigenvalue weighted by Gasteiger charge is 2.19. The van der Waals surface area contributed by atoms with Crippen LogP contribution in [0.5, 0.6) is 0 Å². The molecule has 0 unspecified atom stereocenters. The lowest BCUT2D eigenvalue weighted by molar-refractivity contribution is 0.121. The largest absolute Gasteiger partial charge is 0.340 e. The molecule has 0 N–H and O–H groups in total. The Labute approximate surface area is 147 Å². The Balaban J connectivity index is 1.27. The fourth-order valence-electron chi connectivity index (χ4n) is 3.78. The summed E-state index contributed by atoms with van der Waals surface area (Å²) in [5.41, 5.74) is 3.46. The van der Waals surface area contributed by atoms with Gasteiger partial charge in [0.2, 0.25) is 0 Å². The zero-order chi connectivity index (χ0) is 17.2. The van der Waals surface area contributed by atoms with Crippen molar-refractivity contribution in [1.82, 2.24) is 29.1 Å². The summed E-state index contributed by atoms with van der Waals surface area (Å²) in [4.78, 5) is 21.4. The lowest BCUT2D eigenvalue weighted by atomic mass is 10.2. The highest BCUT2D eigenvalue weighted by atomic mass is 16.1. The molecule has 2 aromatic heterocycles. The molecule has 1 aliphatic heterocycles. The number of rotatable bonds is 5. The molecule has 0 atom stereocenters. The molecular weight excluding hydrogens is 316 g/mol. The molecular formula is C18H26N6O. The number of imidazole rings is 1. The number of nitrogens with zero attached hydrogens (tertiary/aromatic N) is 6. The number of aromatic nitrogens is 4. The second kappa shape index (κ2) is 7.09. The van der Waals surface area contributed by atoms with Gasteiger partial charge in [-0.15, -0.1) is 0 Å². The topological polar surface area (TPSA) is 59.2 Å². The number of piperazine rings is 1. The average molecular weight is 342 g/mol. The van der Waals surface area contributed by atoms with Crippen molar-refractivity contribution in [2.45, 2.75) is 32.4 Å². The fraction of sp³-hybridized carbons (Fsp3) is 0.611. The zero-order valence-electron chi connectivity index (χ0n) is 14.9. The second-order valence-electron chi connectivity index (χ2n) is 7.18. The van der Waals surface area contributed by atoms with Crippen LogP contribution in [0.2, 0.25) is 0 Å². The summed E-state index contributed by atoms with van der Waals surface area (Å²) in [6.45, 7) is 6.65. The molecule has 0 amide bonds. The summed E-state index contributed by atoms with van der Waals surface area (Å²) in [6, 6.07) is 1.79. The summed E-state index contributed by atoms with van der Waals surface area (Å²) in [6.07, 6.45) is 7.09. The smallest absolute Gasteiger partial charge is 0.267 e. The van der Waals surface area contributed by atoms with E-state index in [2.05, 4.69) is 26.1 Å². The molecule has 2 aliphatic rings. The molecule has 134 valence electrons. The van der Waals surface area contributed by atoms with Gasteiger partial charge < -0.3 is 4.57 Å². The molecule has 0 spiro atoms. The Morgan fingerprint density at radius 3 is 2.64 bits per heavy atom. The summed E-state index contributed by atoms with van der Waals surface area (Å²) >= 11 is 0. The molecule has 3 heterocycles. The van der Waals surface area contributed by atoms with Gasteiger partial charge in [-0.05, 0) is 24.8 Å². The van der Waals surface area contributed by atoms with E-state index in [4.69, 9.17) is 0 Å². The van der Waals surface area contributed by atoms with E-state index in [-0.39, 0.29) is 5.56 Å². The summed E-state index contributed by atoms with van der Waals surface area (Å²) in [5, 5.41) is 4.57. The van der Waals surface area contributed by atoms with Crippen LogP contribution in [-0.2, 0) is 33.0 Å². The van der Waals surface area contributed by atoms with Crippen molar-refractivity contribution >= 4 is 0 Å². The maximum Gasteiger partial charge on any atom is 0.267 e. The van der Waals surface area contributed by atoms with Gasteiger partial charge in [0.05, 0.1) is 24.3 Å². The van der Waals surface area contributed by atoms with Crippen molar-refractivity contribution in [3.63, 3.8) is 0 Å².